The van der Waals surface area contributed by atoms with E-state index in [0.29, 0.717) is 22.6 Å². The van der Waals surface area contributed by atoms with Crippen LogP contribution in [0.15, 0.2) is 64.5 Å². The first-order chi connectivity index (χ1) is 16.2. The molecule has 2 aromatic carbocycles. The first kappa shape index (κ1) is 25.9. The molecule has 0 spiro atoms. The minimum absolute atomic E-state index is 0.224. The van der Waals surface area contributed by atoms with E-state index < -0.39 is 21.2 Å². The molecule has 3 rings (SSSR count). The molecule has 2 atom stereocenters. The summed E-state index contributed by atoms with van der Waals surface area (Å²) in [6.07, 6.45) is 2.50. The quantitative estimate of drug-likeness (QED) is 0.373. The Kier molecular flexibility index (Phi) is 8.84. The van der Waals surface area contributed by atoms with Gasteiger partial charge in [0.2, 0.25) is 0 Å². The number of nitrogens with zero attached hydrogens (tertiary/aromatic N) is 3. The minimum Gasteiger partial charge on any atom is -0.448 e. The standard InChI is InChI=1S/C24H29BrN4O4S/c1-3-20(15-33-24(26)30)34(31,32)22-10-9-18(14-21(22)19-7-5-4-6-8-19)13-17(2)11-12-29-23(25)27-16-28-29/h4-10,14,16-17,20H,3,11-13,15H2,1-2H3,(H2,26,30). The van der Waals surface area contributed by atoms with Crippen LogP contribution in [-0.4, -0.2) is 41.1 Å². The van der Waals surface area contributed by atoms with Crippen LogP contribution in [0.2, 0.25) is 0 Å². The number of hydrogen-bond acceptors (Lipinski definition) is 6. The van der Waals surface area contributed by atoms with Gasteiger partial charge in [-0.15, -0.1) is 0 Å². The molecule has 0 saturated carbocycles. The molecular formula is C24H29BrN4O4S. The van der Waals surface area contributed by atoms with Gasteiger partial charge in [-0.3, -0.25) is 0 Å². The lowest BCUT2D eigenvalue weighted by Gasteiger charge is -2.20. The number of sulfone groups is 1. The van der Waals surface area contributed by atoms with Crippen molar-refractivity contribution in [1.29, 1.82) is 0 Å². The lowest BCUT2D eigenvalue weighted by molar-refractivity contribution is 0.156. The van der Waals surface area contributed by atoms with Gasteiger partial charge in [0.25, 0.3) is 0 Å². The number of carbonyl (C=O) groups is 1. The van der Waals surface area contributed by atoms with Crippen molar-refractivity contribution in [1.82, 2.24) is 14.8 Å². The van der Waals surface area contributed by atoms with E-state index in [0.717, 1.165) is 30.5 Å². The van der Waals surface area contributed by atoms with E-state index in [4.69, 9.17) is 10.5 Å². The maximum atomic E-state index is 13.5. The van der Waals surface area contributed by atoms with E-state index in [2.05, 4.69) is 32.9 Å². The van der Waals surface area contributed by atoms with Crippen LogP contribution >= 0.6 is 15.9 Å². The zero-order valence-corrected chi connectivity index (χ0v) is 21.6. The summed E-state index contributed by atoms with van der Waals surface area (Å²) in [7, 11) is -3.77. The molecule has 0 radical (unpaired) electrons. The van der Waals surface area contributed by atoms with E-state index in [1.54, 1.807) is 17.7 Å². The van der Waals surface area contributed by atoms with Crippen LogP contribution in [-0.2, 0) is 27.5 Å². The Morgan fingerprint density at radius 2 is 1.94 bits per heavy atom. The molecule has 1 amide bonds. The van der Waals surface area contributed by atoms with Crippen LogP contribution in [0.25, 0.3) is 11.1 Å². The van der Waals surface area contributed by atoms with Gasteiger partial charge >= 0.3 is 6.09 Å². The molecule has 182 valence electrons. The summed E-state index contributed by atoms with van der Waals surface area (Å²) in [6.45, 7) is 4.36. The molecule has 8 nitrogen and oxygen atoms in total. The monoisotopic (exact) mass is 548 g/mol. The zero-order valence-electron chi connectivity index (χ0n) is 19.2. The van der Waals surface area contributed by atoms with Crippen molar-refractivity contribution in [2.24, 2.45) is 11.7 Å². The maximum absolute atomic E-state index is 13.5. The van der Waals surface area contributed by atoms with Crippen LogP contribution in [0.1, 0.15) is 32.3 Å². The highest BCUT2D eigenvalue weighted by Gasteiger charge is 2.30. The third-order valence-electron chi connectivity index (χ3n) is 5.73. The summed E-state index contributed by atoms with van der Waals surface area (Å²) < 4.78 is 34.4. The van der Waals surface area contributed by atoms with Gasteiger partial charge in [0.1, 0.15) is 12.9 Å². The lowest BCUT2D eigenvalue weighted by Crippen LogP contribution is -2.29. The molecule has 1 aromatic heterocycles. The minimum atomic E-state index is -3.77. The van der Waals surface area contributed by atoms with Gasteiger partial charge in [0.05, 0.1) is 10.1 Å². The van der Waals surface area contributed by atoms with Crippen molar-refractivity contribution in [3.63, 3.8) is 0 Å². The van der Waals surface area contributed by atoms with Crippen LogP contribution in [0.4, 0.5) is 4.79 Å². The number of halogens is 1. The zero-order chi connectivity index (χ0) is 24.7. The van der Waals surface area contributed by atoms with Crippen molar-refractivity contribution < 1.29 is 17.9 Å². The fourth-order valence-electron chi connectivity index (χ4n) is 3.82. The van der Waals surface area contributed by atoms with Gasteiger partial charge in [-0.05, 0) is 64.4 Å². The van der Waals surface area contributed by atoms with Crippen molar-refractivity contribution >= 4 is 31.9 Å². The molecule has 2 N–H and O–H groups in total. The van der Waals surface area contributed by atoms with Gasteiger partial charge in [0.15, 0.2) is 14.6 Å². The highest BCUT2D eigenvalue weighted by atomic mass is 79.9. The highest BCUT2D eigenvalue weighted by molar-refractivity contribution is 9.10. The van der Waals surface area contributed by atoms with E-state index in [1.807, 2.05) is 42.5 Å². The lowest BCUT2D eigenvalue weighted by atomic mass is 9.95. The Balaban J connectivity index is 1.89. The molecule has 34 heavy (non-hydrogen) atoms. The van der Waals surface area contributed by atoms with Gasteiger partial charge in [-0.2, -0.15) is 5.10 Å². The predicted octanol–water partition coefficient (Wildman–Crippen LogP) is 4.62. The van der Waals surface area contributed by atoms with Gasteiger partial charge in [-0.1, -0.05) is 50.2 Å². The molecule has 0 saturated heterocycles. The van der Waals surface area contributed by atoms with E-state index in [1.165, 1.54) is 6.33 Å². The average molecular weight is 549 g/mol. The van der Waals surface area contributed by atoms with E-state index >= 15 is 0 Å². The van der Waals surface area contributed by atoms with Crippen molar-refractivity contribution in [2.45, 2.75) is 49.8 Å². The smallest absolute Gasteiger partial charge is 0.404 e. The molecule has 1 heterocycles. The van der Waals surface area contributed by atoms with E-state index in [-0.39, 0.29) is 11.5 Å². The fourth-order valence-corrected chi connectivity index (χ4v) is 5.97. The fraction of sp³-hybridized carbons (Fsp3) is 0.375. The third-order valence-corrected chi connectivity index (χ3v) is 8.66. The van der Waals surface area contributed by atoms with Crippen LogP contribution in [0, 0.1) is 5.92 Å². The molecule has 0 bridgehead atoms. The normalized spacial score (nSPS) is 13.4. The second-order valence-corrected chi connectivity index (χ2v) is 11.2. The number of primary amides is 1. The summed E-state index contributed by atoms with van der Waals surface area (Å²) in [4.78, 5) is 15.4. The Hall–Kier alpha value is -2.72. The van der Waals surface area contributed by atoms with Crippen LogP contribution in [0.5, 0.6) is 0 Å². The molecule has 0 aliphatic carbocycles. The number of benzene rings is 2. The number of amides is 1. The van der Waals surface area contributed by atoms with E-state index in [9.17, 15) is 13.2 Å². The van der Waals surface area contributed by atoms with Gasteiger partial charge in [-0.25, -0.2) is 22.9 Å². The second kappa shape index (κ2) is 11.6. The summed E-state index contributed by atoms with van der Waals surface area (Å²) in [6, 6.07) is 14.9. The molecule has 2 unspecified atom stereocenters. The third kappa shape index (κ3) is 6.44. The summed E-state index contributed by atoms with van der Waals surface area (Å²) in [5, 5.41) is 3.31. The average Bonchev–Trinajstić information content (AvgIpc) is 3.23. The predicted molar refractivity (Wildman–Crippen MR) is 134 cm³/mol. The highest BCUT2D eigenvalue weighted by Crippen LogP contribution is 2.32. The Labute approximate surface area is 208 Å². The SMILES string of the molecule is CCC(COC(N)=O)S(=O)(=O)c1ccc(CC(C)CCn2ncnc2Br)cc1-c1ccccc1. The topological polar surface area (TPSA) is 117 Å². The molecule has 0 aliphatic heterocycles. The van der Waals surface area contributed by atoms with Crippen LogP contribution < -0.4 is 5.73 Å². The number of nitrogens with two attached hydrogens (primary N) is 1. The largest absolute Gasteiger partial charge is 0.448 e. The number of hydrogen-bond donors (Lipinski definition) is 1. The van der Waals surface area contributed by atoms with Crippen molar-refractivity contribution in [3.05, 3.63) is 65.2 Å². The number of carbonyl (C=O) groups excluding carboxylic acids is 1. The maximum Gasteiger partial charge on any atom is 0.404 e. The number of aromatic nitrogens is 3. The molecule has 3 aromatic rings. The Morgan fingerprint density at radius 1 is 1.21 bits per heavy atom. The molecule has 10 heteroatoms. The summed E-state index contributed by atoms with van der Waals surface area (Å²) >= 11 is 3.38. The van der Waals surface area contributed by atoms with Gasteiger partial charge in [0, 0.05) is 12.1 Å². The Bertz CT molecular complexity index is 1210. The molecule has 0 fully saturated rings. The Morgan fingerprint density at radius 3 is 2.56 bits per heavy atom. The summed E-state index contributed by atoms with van der Waals surface area (Å²) in [5.41, 5.74) is 7.56. The van der Waals surface area contributed by atoms with Gasteiger partial charge < -0.3 is 10.5 Å². The summed E-state index contributed by atoms with van der Waals surface area (Å²) in [5.74, 6) is 0.342. The van der Waals surface area contributed by atoms with Crippen molar-refractivity contribution in [2.75, 3.05) is 6.61 Å². The molecule has 0 aliphatic rings. The van der Waals surface area contributed by atoms with Crippen LogP contribution in [0.3, 0.4) is 0 Å². The first-order valence-corrected chi connectivity index (χ1v) is 13.4. The number of ether oxygens (including phenoxy) is 1. The number of rotatable bonds is 11. The second-order valence-electron chi connectivity index (χ2n) is 8.25. The number of aryl methyl sites for hydroxylation is 1. The molecular weight excluding hydrogens is 520 g/mol. The first-order valence-electron chi connectivity index (χ1n) is 11.1. The van der Waals surface area contributed by atoms with Crippen molar-refractivity contribution in [3.8, 4) is 11.1 Å².